The Balaban J connectivity index is 0.00000162. The van der Waals surface area contributed by atoms with Crippen LogP contribution in [0.15, 0.2) is 4.79 Å². The molecule has 10 heteroatoms. The summed E-state index contributed by atoms with van der Waals surface area (Å²) in [7, 11) is 0. The highest BCUT2D eigenvalue weighted by molar-refractivity contribution is 5.85. The first-order valence-corrected chi connectivity index (χ1v) is 5.25. The highest BCUT2D eigenvalue weighted by Gasteiger charge is 2.29. The molecule has 0 aliphatic carbocycles. The van der Waals surface area contributed by atoms with Gasteiger partial charge < -0.3 is 26.6 Å². The fourth-order valence-corrected chi connectivity index (χ4v) is 1.74. The lowest BCUT2D eigenvalue weighted by Crippen LogP contribution is -2.48. The molecule has 7 N–H and O–H groups in total. The molecule has 3 atom stereocenters. The summed E-state index contributed by atoms with van der Waals surface area (Å²) in [5, 5.41) is 24.7. The van der Waals surface area contributed by atoms with Gasteiger partial charge in [0.05, 0.1) is 12.1 Å². The first kappa shape index (κ1) is 17.8. The second-order valence-electron chi connectivity index (χ2n) is 4.04. The van der Waals surface area contributed by atoms with Crippen molar-refractivity contribution in [3.05, 3.63) is 10.4 Å². The van der Waals surface area contributed by atoms with Crippen LogP contribution in [0.4, 0.5) is 17.5 Å². The maximum absolute atomic E-state index is 11.6. The number of aromatic nitrogens is 2. The number of anilines is 3. The Morgan fingerprint density at radius 3 is 2.63 bits per heavy atom. The minimum absolute atomic E-state index is 0. The molecule has 2 heterocycles. The van der Waals surface area contributed by atoms with Crippen molar-refractivity contribution in [1.29, 1.82) is 0 Å². The number of nitrogens with one attached hydrogen (secondary N) is 3. The number of nitrogens with zero attached hydrogens (tertiary/aromatic N) is 1. The van der Waals surface area contributed by atoms with E-state index in [9.17, 15) is 15.0 Å². The molecule has 2 rings (SSSR count). The van der Waals surface area contributed by atoms with Crippen molar-refractivity contribution in [3.8, 4) is 0 Å². The molecule has 0 saturated heterocycles. The summed E-state index contributed by atoms with van der Waals surface area (Å²) in [6.07, 6.45) is -1.87. The van der Waals surface area contributed by atoms with Crippen LogP contribution in [0.3, 0.4) is 0 Å². The zero-order chi connectivity index (χ0) is 12.6. The van der Waals surface area contributed by atoms with E-state index in [1.807, 2.05) is 0 Å². The zero-order valence-electron chi connectivity index (χ0n) is 10.1. The molecule has 0 amide bonds. The second-order valence-corrected chi connectivity index (χ2v) is 4.04. The smallest absolute Gasteiger partial charge is 0.277 e. The third-order valence-corrected chi connectivity index (χ3v) is 2.66. The molecule has 0 aromatic carbocycles. The van der Waals surface area contributed by atoms with E-state index >= 15 is 0 Å². The Morgan fingerprint density at radius 2 is 2.05 bits per heavy atom. The number of halogens is 2. The minimum Gasteiger partial charge on any atom is -0.391 e. The molecule has 1 unspecified atom stereocenters. The predicted molar refractivity (Wildman–Crippen MR) is 77.4 cm³/mol. The number of aliphatic hydroxyl groups excluding tert-OH is 2. The standard InChI is InChI=1S/C9H15N5O3.2ClH/c1-3(15)6(16)4-2-11-7-5(12-4)8(17)14-9(10)13-7;;/h3-4,6,12,15-16H,2H2,1H3,(H4,10,11,13,14,17);2*1H/t3?,4-,6-;;/m1../s1. The van der Waals surface area contributed by atoms with Crippen LogP contribution in [0.2, 0.25) is 0 Å². The summed E-state index contributed by atoms with van der Waals surface area (Å²) >= 11 is 0. The highest BCUT2D eigenvalue weighted by atomic mass is 35.5. The number of nitrogen functional groups attached to an aromatic ring is 1. The molecule has 0 bridgehead atoms. The van der Waals surface area contributed by atoms with Gasteiger partial charge in [-0.05, 0) is 6.92 Å². The van der Waals surface area contributed by atoms with Gasteiger partial charge in [0.2, 0.25) is 5.95 Å². The van der Waals surface area contributed by atoms with Crippen LogP contribution >= 0.6 is 24.8 Å². The van der Waals surface area contributed by atoms with E-state index in [4.69, 9.17) is 5.73 Å². The SMILES string of the molecule is CC(O)[C@@H](O)[C@H]1CNc2nc(N)[nH]c(=O)c2N1.Cl.Cl. The van der Waals surface area contributed by atoms with Crippen molar-refractivity contribution in [1.82, 2.24) is 9.97 Å². The van der Waals surface area contributed by atoms with E-state index in [2.05, 4.69) is 20.6 Å². The topological polar surface area (TPSA) is 136 Å². The van der Waals surface area contributed by atoms with Crippen molar-refractivity contribution < 1.29 is 10.2 Å². The number of hydrogen-bond acceptors (Lipinski definition) is 7. The molecule has 1 aliphatic heterocycles. The van der Waals surface area contributed by atoms with Gasteiger partial charge in [0, 0.05) is 6.54 Å². The number of fused-ring (bicyclic) bond motifs is 1. The first-order chi connectivity index (χ1) is 7.99. The van der Waals surface area contributed by atoms with Gasteiger partial charge >= 0.3 is 0 Å². The van der Waals surface area contributed by atoms with Crippen LogP contribution in [0, 0.1) is 0 Å². The molecule has 8 nitrogen and oxygen atoms in total. The lowest BCUT2D eigenvalue weighted by atomic mass is 10.0. The number of hydrogen-bond donors (Lipinski definition) is 6. The van der Waals surface area contributed by atoms with Crippen molar-refractivity contribution in [2.24, 2.45) is 0 Å². The molecular formula is C9H17Cl2N5O3. The van der Waals surface area contributed by atoms with Gasteiger partial charge in [-0.15, -0.1) is 24.8 Å². The summed E-state index contributed by atoms with van der Waals surface area (Å²) in [6, 6.07) is -0.464. The normalized spacial score (nSPS) is 19.6. The quantitative estimate of drug-likeness (QED) is 0.418. The molecule has 0 fully saturated rings. The van der Waals surface area contributed by atoms with E-state index < -0.39 is 23.8 Å². The molecule has 0 radical (unpaired) electrons. The maximum Gasteiger partial charge on any atom is 0.277 e. The fraction of sp³-hybridized carbons (Fsp3) is 0.556. The largest absolute Gasteiger partial charge is 0.391 e. The number of aromatic amines is 1. The molecule has 1 aromatic heterocycles. The molecular weight excluding hydrogens is 297 g/mol. The molecule has 110 valence electrons. The molecule has 0 spiro atoms. The van der Waals surface area contributed by atoms with Crippen molar-refractivity contribution >= 4 is 42.3 Å². The molecule has 1 aromatic rings. The Kier molecular flexibility index (Phi) is 6.37. The van der Waals surface area contributed by atoms with Gasteiger partial charge in [0.1, 0.15) is 11.8 Å². The summed E-state index contributed by atoms with van der Waals surface area (Å²) < 4.78 is 0. The Hall–Kier alpha value is -1.22. The Morgan fingerprint density at radius 1 is 1.42 bits per heavy atom. The third kappa shape index (κ3) is 3.63. The molecule has 19 heavy (non-hydrogen) atoms. The average molecular weight is 314 g/mol. The van der Waals surface area contributed by atoms with E-state index in [1.165, 1.54) is 6.92 Å². The van der Waals surface area contributed by atoms with Crippen LogP contribution in [-0.2, 0) is 0 Å². The lowest BCUT2D eigenvalue weighted by molar-refractivity contribution is 0.0214. The van der Waals surface area contributed by atoms with Crippen LogP contribution < -0.4 is 21.9 Å². The van der Waals surface area contributed by atoms with Gasteiger partial charge in [-0.2, -0.15) is 4.98 Å². The van der Waals surface area contributed by atoms with E-state index in [1.54, 1.807) is 0 Å². The summed E-state index contributed by atoms with van der Waals surface area (Å²) in [4.78, 5) is 17.9. The van der Waals surface area contributed by atoms with Gasteiger partial charge in [-0.3, -0.25) is 9.78 Å². The van der Waals surface area contributed by atoms with E-state index in [0.29, 0.717) is 12.4 Å². The van der Waals surface area contributed by atoms with Crippen LogP contribution in [0.5, 0.6) is 0 Å². The number of nitrogens with two attached hydrogens (primary N) is 1. The summed E-state index contributed by atoms with van der Waals surface area (Å²) in [5.41, 5.74) is 5.20. The monoisotopic (exact) mass is 313 g/mol. The highest BCUT2D eigenvalue weighted by Crippen LogP contribution is 2.21. The third-order valence-electron chi connectivity index (χ3n) is 2.66. The molecule has 0 saturated carbocycles. The maximum atomic E-state index is 11.6. The van der Waals surface area contributed by atoms with Gasteiger partial charge in [-0.1, -0.05) is 0 Å². The van der Waals surface area contributed by atoms with Gasteiger partial charge in [0.15, 0.2) is 5.82 Å². The predicted octanol–water partition coefficient (Wildman–Crippen LogP) is -0.857. The zero-order valence-corrected chi connectivity index (χ0v) is 11.7. The van der Waals surface area contributed by atoms with Gasteiger partial charge in [-0.25, -0.2) is 0 Å². The van der Waals surface area contributed by atoms with Crippen LogP contribution in [-0.4, -0.2) is 45.0 Å². The van der Waals surface area contributed by atoms with Crippen molar-refractivity contribution in [2.75, 3.05) is 22.9 Å². The summed E-state index contributed by atoms with van der Waals surface area (Å²) in [5.74, 6) is 0.373. The minimum atomic E-state index is -0.979. The molecule has 1 aliphatic rings. The van der Waals surface area contributed by atoms with E-state index in [0.717, 1.165) is 0 Å². The Bertz CT molecular complexity index is 481. The van der Waals surface area contributed by atoms with E-state index in [-0.39, 0.29) is 36.4 Å². The lowest BCUT2D eigenvalue weighted by Gasteiger charge is -2.31. The number of aliphatic hydroxyl groups is 2. The second kappa shape index (κ2) is 6.80. The number of H-pyrrole nitrogens is 1. The van der Waals surface area contributed by atoms with Crippen molar-refractivity contribution in [3.63, 3.8) is 0 Å². The summed E-state index contributed by atoms with van der Waals surface area (Å²) in [6.45, 7) is 1.82. The fourth-order valence-electron chi connectivity index (χ4n) is 1.74. The van der Waals surface area contributed by atoms with Crippen molar-refractivity contribution in [2.45, 2.75) is 25.2 Å². The van der Waals surface area contributed by atoms with Gasteiger partial charge in [0.25, 0.3) is 5.56 Å². The van der Waals surface area contributed by atoms with Crippen LogP contribution in [0.25, 0.3) is 0 Å². The average Bonchev–Trinajstić information content (AvgIpc) is 2.27. The number of rotatable bonds is 2. The Labute approximate surface area is 121 Å². The van der Waals surface area contributed by atoms with Crippen LogP contribution in [0.1, 0.15) is 6.92 Å². The first-order valence-electron chi connectivity index (χ1n) is 5.25.